The molecule has 0 atom stereocenters. The molecule has 0 aromatic carbocycles. The van der Waals surface area contributed by atoms with Gasteiger partial charge in [0.2, 0.25) is 0 Å². The molecular formula is C11H13N. The molecule has 1 nitrogen and oxygen atoms in total. The third-order valence-electron chi connectivity index (χ3n) is 2.23. The van der Waals surface area contributed by atoms with Crippen molar-refractivity contribution >= 4 is 0 Å². The predicted molar refractivity (Wildman–Crippen MR) is 51.4 cm³/mol. The van der Waals surface area contributed by atoms with E-state index in [2.05, 4.69) is 49.5 Å². The molecule has 1 heteroatoms. The maximum absolute atomic E-state index is 2.28. The van der Waals surface area contributed by atoms with E-state index < -0.39 is 0 Å². The molecule has 1 heterocycles. The molecule has 0 aromatic heterocycles. The normalized spacial score (nSPS) is 21.2. The molecule has 0 saturated heterocycles. The summed E-state index contributed by atoms with van der Waals surface area (Å²) in [4.78, 5) is 2.11. The van der Waals surface area contributed by atoms with Crippen molar-refractivity contribution in [2.75, 3.05) is 7.05 Å². The summed E-state index contributed by atoms with van der Waals surface area (Å²) in [6, 6.07) is 0. The molecule has 0 N–H and O–H groups in total. The lowest BCUT2D eigenvalue weighted by atomic mass is 9.93. The van der Waals surface area contributed by atoms with Crippen LogP contribution in [0.2, 0.25) is 0 Å². The Balaban J connectivity index is 2.42. The van der Waals surface area contributed by atoms with E-state index in [1.807, 2.05) is 0 Å². The molecule has 0 bridgehead atoms. The quantitative estimate of drug-likeness (QED) is 0.525. The van der Waals surface area contributed by atoms with Gasteiger partial charge in [-0.05, 0) is 30.1 Å². The highest BCUT2D eigenvalue weighted by molar-refractivity contribution is 5.55. The van der Waals surface area contributed by atoms with Gasteiger partial charge in [0.15, 0.2) is 0 Å². The SMILES string of the molecule is CC1=CN(C)C=C2C=CCC=C12. The molecule has 0 unspecified atom stereocenters. The van der Waals surface area contributed by atoms with Crippen molar-refractivity contribution < 1.29 is 0 Å². The zero-order chi connectivity index (χ0) is 8.55. The molecule has 1 aliphatic carbocycles. The summed E-state index contributed by atoms with van der Waals surface area (Å²) in [5, 5.41) is 0. The highest BCUT2D eigenvalue weighted by Crippen LogP contribution is 2.28. The Bertz CT molecular complexity index is 316. The Morgan fingerprint density at radius 3 is 3.00 bits per heavy atom. The standard InChI is InChI=1S/C11H13N/c1-9-7-12(2)8-10-5-3-4-6-11(9)10/h3,5-8H,4H2,1-2H3. The second-order valence-corrected chi connectivity index (χ2v) is 3.32. The molecule has 0 fully saturated rings. The van der Waals surface area contributed by atoms with Crippen LogP contribution in [0.25, 0.3) is 0 Å². The van der Waals surface area contributed by atoms with E-state index in [-0.39, 0.29) is 0 Å². The highest BCUT2D eigenvalue weighted by atomic mass is 15.1. The summed E-state index contributed by atoms with van der Waals surface area (Å²) in [7, 11) is 2.07. The van der Waals surface area contributed by atoms with E-state index in [0.717, 1.165) is 6.42 Å². The molecule has 0 radical (unpaired) electrons. The van der Waals surface area contributed by atoms with Crippen molar-refractivity contribution in [1.29, 1.82) is 0 Å². The molecule has 62 valence electrons. The first kappa shape index (κ1) is 7.41. The van der Waals surface area contributed by atoms with Gasteiger partial charge in [0.1, 0.15) is 0 Å². The fourth-order valence-electron chi connectivity index (χ4n) is 1.72. The third-order valence-corrected chi connectivity index (χ3v) is 2.23. The Hall–Kier alpha value is -1.24. The van der Waals surface area contributed by atoms with E-state index in [4.69, 9.17) is 0 Å². The van der Waals surface area contributed by atoms with Crippen molar-refractivity contribution in [3.63, 3.8) is 0 Å². The fourth-order valence-corrected chi connectivity index (χ4v) is 1.72. The van der Waals surface area contributed by atoms with Gasteiger partial charge in [0, 0.05) is 19.4 Å². The molecule has 12 heavy (non-hydrogen) atoms. The topological polar surface area (TPSA) is 3.24 Å². The van der Waals surface area contributed by atoms with Gasteiger partial charge in [-0.2, -0.15) is 0 Å². The molecule has 0 aromatic rings. The molecular weight excluding hydrogens is 146 g/mol. The number of hydrogen-bond acceptors (Lipinski definition) is 1. The van der Waals surface area contributed by atoms with Crippen LogP contribution in [0.3, 0.4) is 0 Å². The zero-order valence-electron chi connectivity index (χ0n) is 7.54. The molecule has 0 spiro atoms. The summed E-state index contributed by atoms with van der Waals surface area (Å²) >= 11 is 0. The van der Waals surface area contributed by atoms with Crippen LogP contribution in [-0.4, -0.2) is 11.9 Å². The monoisotopic (exact) mass is 159 g/mol. The number of hydrogen-bond donors (Lipinski definition) is 0. The van der Waals surface area contributed by atoms with Crippen LogP contribution < -0.4 is 0 Å². The van der Waals surface area contributed by atoms with E-state index in [0.29, 0.717) is 0 Å². The number of fused-ring (bicyclic) bond motifs is 1. The Morgan fingerprint density at radius 1 is 1.33 bits per heavy atom. The Labute approximate surface area is 73.4 Å². The van der Waals surface area contributed by atoms with Crippen LogP contribution in [0.15, 0.2) is 47.3 Å². The van der Waals surface area contributed by atoms with E-state index in [9.17, 15) is 0 Å². The first-order chi connectivity index (χ1) is 5.77. The zero-order valence-corrected chi connectivity index (χ0v) is 7.54. The molecule has 2 aliphatic rings. The maximum Gasteiger partial charge on any atom is 0.0110 e. The van der Waals surface area contributed by atoms with E-state index in [1.54, 1.807) is 0 Å². The molecule has 2 rings (SSSR count). The lowest BCUT2D eigenvalue weighted by molar-refractivity contribution is 0.608. The van der Waals surface area contributed by atoms with Crippen LogP contribution in [0.5, 0.6) is 0 Å². The average Bonchev–Trinajstić information content (AvgIpc) is 2.04. The summed E-state index contributed by atoms with van der Waals surface area (Å²) in [5.74, 6) is 0. The minimum atomic E-state index is 1.07. The fraction of sp³-hybridized carbons (Fsp3) is 0.273. The highest BCUT2D eigenvalue weighted by Gasteiger charge is 2.12. The van der Waals surface area contributed by atoms with Crippen LogP contribution in [0.1, 0.15) is 13.3 Å². The second-order valence-electron chi connectivity index (χ2n) is 3.32. The summed E-state index contributed by atoms with van der Waals surface area (Å²) < 4.78 is 0. The predicted octanol–water partition coefficient (Wildman–Crippen LogP) is 2.61. The van der Waals surface area contributed by atoms with Crippen molar-refractivity contribution in [3.8, 4) is 0 Å². The van der Waals surface area contributed by atoms with Crippen molar-refractivity contribution in [1.82, 2.24) is 4.90 Å². The molecule has 0 saturated carbocycles. The molecule has 1 aliphatic heterocycles. The van der Waals surface area contributed by atoms with Crippen LogP contribution in [0.4, 0.5) is 0 Å². The largest absolute Gasteiger partial charge is 0.356 e. The van der Waals surface area contributed by atoms with Crippen LogP contribution in [-0.2, 0) is 0 Å². The summed E-state index contributed by atoms with van der Waals surface area (Å²) in [5.41, 5.74) is 4.10. The van der Waals surface area contributed by atoms with Gasteiger partial charge in [0.25, 0.3) is 0 Å². The van der Waals surface area contributed by atoms with Gasteiger partial charge >= 0.3 is 0 Å². The smallest absolute Gasteiger partial charge is 0.0110 e. The second kappa shape index (κ2) is 2.67. The lowest BCUT2D eigenvalue weighted by Gasteiger charge is -2.22. The van der Waals surface area contributed by atoms with Crippen LogP contribution >= 0.6 is 0 Å². The number of nitrogens with zero attached hydrogens (tertiary/aromatic N) is 1. The molecule has 0 amide bonds. The van der Waals surface area contributed by atoms with Gasteiger partial charge in [-0.1, -0.05) is 18.2 Å². The first-order valence-corrected chi connectivity index (χ1v) is 4.27. The Morgan fingerprint density at radius 2 is 2.17 bits per heavy atom. The first-order valence-electron chi connectivity index (χ1n) is 4.27. The lowest BCUT2D eigenvalue weighted by Crippen LogP contribution is -2.11. The van der Waals surface area contributed by atoms with E-state index >= 15 is 0 Å². The van der Waals surface area contributed by atoms with Gasteiger partial charge < -0.3 is 4.90 Å². The maximum atomic E-state index is 2.28. The summed E-state index contributed by atoms with van der Waals surface area (Å²) in [6.45, 7) is 2.16. The van der Waals surface area contributed by atoms with Gasteiger partial charge in [-0.15, -0.1) is 0 Å². The van der Waals surface area contributed by atoms with Crippen molar-refractivity contribution in [2.45, 2.75) is 13.3 Å². The number of rotatable bonds is 0. The Kier molecular flexibility index (Phi) is 1.65. The van der Waals surface area contributed by atoms with Crippen molar-refractivity contribution in [3.05, 3.63) is 47.3 Å². The van der Waals surface area contributed by atoms with E-state index in [1.165, 1.54) is 16.7 Å². The van der Waals surface area contributed by atoms with Gasteiger partial charge in [-0.3, -0.25) is 0 Å². The van der Waals surface area contributed by atoms with Gasteiger partial charge in [-0.25, -0.2) is 0 Å². The number of allylic oxidation sites excluding steroid dienone is 6. The average molecular weight is 159 g/mol. The third kappa shape index (κ3) is 1.11. The van der Waals surface area contributed by atoms with Crippen molar-refractivity contribution in [2.24, 2.45) is 0 Å². The minimum absolute atomic E-state index is 1.07. The summed E-state index contributed by atoms with van der Waals surface area (Å²) in [6.07, 6.45) is 12.1. The minimum Gasteiger partial charge on any atom is -0.356 e. The van der Waals surface area contributed by atoms with Crippen LogP contribution in [0, 0.1) is 0 Å². The van der Waals surface area contributed by atoms with Gasteiger partial charge in [0.05, 0.1) is 0 Å².